The van der Waals surface area contributed by atoms with Crippen molar-refractivity contribution in [3.63, 3.8) is 0 Å². The van der Waals surface area contributed by atoms with Gasteiger partial charge in [-0.05, 0) is 19.4 Å². The first kappa shape index (κ1) is 15.0. The molecule has 0 radical (unpaired) electrons. The van der Waals surface area contributed by atoms with Crippen molar-refractivity contribution < 1.29 is 9.32 Å². The SMILES string of the molecule is CCCCCNC(=O)c1ccnc(Nc2cc(C)on2)n1. The third-order valence-corrected chi connectivity index (χ3v) is 2.82. The van der Waals surface area contributed by atoms with Crippen LogP contribution >= 0.6 is 0 Å². The summed E-state index contributed by atoms with van der Waals surface area (Å²) in [6, 6.07) is 3.30. The van der Waals surface area contributed by atoms with Gasteiger partial charge in [-0.15, -0.1) is 0 Å². The summed E-state index contributed by atoms with van der Waals surface area (Å²) in [5.41, 5.74) is 0.323. The van der Waals surface area contributed by atoms with Crippen LogP contribution in [0.15, 0.2) is 22.9 Å². The first-order valence-corrected chi connectivity index (χ1v) is 7.00. The van der Waals surface area contributed by atoms with Crippen molar-refractivity contribution in [3.8, 4) is 0 Å². The third-order valence-electron chi connectivity index (χ3n) is 2.82. The summed E-state index contributed by atoms with van der Waals surface area (Å²) in [5.74, 6) is 1.30. The predicted octanol–water partition coefficient (Wildman–Crippen LogP) is 2.44. The topological polar surface area (TPSA) is 92.9 Å². The van der Waals surface area contributed by atoms with Crippen molar-refractivity contribution >= 4 is 17.7 Å². The van der Waals surface area contributed by atoms with Gasteiger partial charge in [0.15, 0.2) is 5.82 Å². The number of hydrogen-bond donors (Lipinski definition) is 2. The number of aromatic nitrogens is 3. The Hall–Kier alpha value is -2.44. The van der Waals surface area contributed by atoms with Crippen molar-refractivity contribution in [1.82, 2.24) is 20.4 Å². The van der Waals surface area contributed by atoms with Gasteiger partial charge in [-0.1, -0.05) is 24.9 Å². The van der Waals surface area contributed by atoms with Crippen molar-refractivity contribution in [1.29, 1.82) is 0 Å². The first-order valence-electron chi connectivity index (χ1n) is 7.00. The van der Waals surface area contributed by atoms with E-state index in [4.69, 9.17) is 4.52 Å². The number of amides is 1. The van der Waals surface area contributed by atoms with Crippen LogP contribution in [-0.2, 0) is 0 Å². The van der Waals surface area contributed by atoms with Crippen LogP contribution < -0.4 is 10.6 Å². The zero-order chi connectivity index (χ0) is 15.1. The lowest BCUT2D eigenvalue weighted by molar-refractivity contribution is 0.0948. The Labute approximate surface area is 123 Å². The zero-order valence-electron chi connectivity index (χ0n) is 12.2. The summed E-state index contributed by atoms with van der Waals surface area (Å²) in [6.07, 6.45) is 4.72. The molecule has 0 atom stereocenters. The van der Waals surface area contributed by atoms with Gasteiger partial charge in [-0.3, -0.25) is 4.79 Å². The molecular formula is C14H19N5O2. The molecule has 2 aromatic rings. The quantitative estimate of drug-likeness (QED) is 0.760. The first-order chi connectivity index (χ1) is 10.2. The number of unbranched alkanes of at least 4 members (excludes halogenated alkanes) is 2. The molecule has 2 heterocycles. The highest BCUT2D eigenvalue weighted by atomic mass is 16.5. The maximum Gasteiger partial charge on any atom is 0.270 e. The fraction of sp³-hybridized carbons (Fsp3) is 0.429. The second kappa shape index (κ2) is 7.37. The maximum absolute atomic E-state index is 12.0. The molecule has 2 aromatic heterocycles. The lowest BCUT2D eigenvalue weighted by atomic mass is 10.2. The molecule has 7 heteroatoms. The molecule has 2 rings (SSSR count). The van der Waals surface area contributed by atoms with Crippen LogP contribution in [0, 0.1) is 6.92 Å². The van der Waals surface area contributed by atoms with E-state index in [1.807, 2.05) is 0 Å². The molecule has 0 fully saturated rings. The Morgan fingerprint density at radius 3 is 2.95 bits per heavy atom. The molecule has 0 saturated heterocycles. The van der Waals surface area contributed by atoms with Crippen LogP contribution in [-0.4, -0.2) is 27.6 Å². The third kappa shape index (κ3) is 4.55. The highest BCUT2D eigenvalue weighted by Crippen LogP contribution is 2.12. The van der Waals surface area contributed by atoms with Gasteiger partial charge in [0.1, 0.15) is 11.5 Å². The lowest BCUT2D eigenvalue weighted by Gasteiger charge is -2.05. The van der Waals surface area contributed by atoms with Crippen molar-refractivity contribution in [2.45, 2.75) is 33.1 Å². The van der Waals surface area contributed by atoms with E-state index in [1.165, 1.54) is 6.20 Å². The number of carbonyl (C=O) groups excluding carboxylic acids is 1. The van der Waals surface area contributed by atoms with Gasteiger partial charge in [0.25, 0.3) is 5.91 Å². The molecule has 0 aliphatic rings. The molecular weight excluding hydrogens is 270 g/mol. The van der Waals surface area contributed by atoms with Gasteiger partial charge in [-0.25, -0.2) is 9.97 Å². The molecule has 2 N–H and O–H groups in total. The second-order valence-electron chi connectivity index (χ2n) is 4.68. The van der Waals surface area contributed by atoms with Gasteiger partial charge in [-0.2, -0.15) is 0 Å². The molecule has 0 saturated carbocycles. The Balaban J connectivity index is 1.95. The van der Waals surface area contributed by atoms with Crippen LogP contribution in [0.4, 0.5) is 11.8 Å². The van der Waals surface area contributed by atoms with E-state index in [0.717, 1.165) is 19.3 Å². The van der Waals surface area contributed by atoms with Crippen LogP contribution in [0.1, 0.15) is 42.4 Å². The van der Waals surface area contributed by atoms with Crippen molar-refractivity contribution in [2.24, 2.45) is 0 Å². The number of carbonyl (C=O) groups is 1. The smallest absolute Gasteiger partial charge is 0.270 e. The molecule has 0 unspecified atom stereocenters. The molecule has 0 bridgehead atoms. The van der Waals surface area contributed by atoms with E-state index in [2.05, 4.69) is 32.7 Å². The fourth-order valence-corrected chi connectivity index (χ4v) is 1.75. The van der Waals surface area contributed by atoms with Crippen LogP contribution in [0.2, 0.25) is 0 Å². The molecule has 0 aromatic carbocycles. The Morgan fingerprint density at radius 1 is 1.38 bits per heavy atom. The van der Waals surface area contributed by atoms with E-state index in [9.17, 15) is 4.79 Å². The van der Waals surface area contributed by atoms with Crippen LogP contribution in [0.25, 0.3) is 0 Å². The van der Waals surface area contributed by atoms with E-state index < -0.39 is 0 Å². The number of nitrogens with zero attached hydrogens (tertiary/aromatic N) is 3. The minimum atomic E-state index is -0.201. The van der Waals surface area contributed by atoms with Crippen molar-refractivity contribution in [3.05, 3.63) is 29.8 Å². The van der Waals surface area contributed by atoms with Gasteiger partial charge >= 0.3 is 0 Å². The summed E-state index contributed by atoms with van der Waals surface area (Å²) in [6.45, 7) is 4.57. The van der Waals surface area contributed by atoms with Gasteiger partial charge in [0, 0.05) is 18.8 Å². The van der Waals surface area contributed by atoms with E-state index in [1.54, 1.807) is 19.1 Å². The highest BCUT2D eigenvalue weighted by molar-refractivity contribution is 5.92. The van der Waals surface area contributed by atoms with Crippen molar-refractivity contribution in [2.75, 3.05) is 11.9 Å². The average Bonchev–Trinajstić information content (AvgIpc) is 2.89. The number of rotatable bonds is 7. The predicted molar refractivity (Wildman–Crippen MR) is 78.4 cm³/mol. The second-order valence-corrected chi connectivity index (χ2v) is 4.68. The molecule has 112 valence electrons. The minimum absolute atomic E-state index is 0.201. The maximum atomic E-state index is 12.0. The largest absolute Gasteiger partial charge is 0.360 e. The number of hydrogen-bond acceptors (Lipinski definition) is 6. The monoisotopic (exact) mass is 289 g/mol. The number of nitrogens with one attached hydrogen (secondary N) is 2. The van der Waals surface area contributed by atoms with Gasteiger partial charge in [0.2, 0.25) is 5.95 Å². The van der Waals surface area contributed by atoms with Crippen LogP contribution in [0.5, 0.6) is 0 Å². The lowest BCUT2D eigenvalue weighted by Crippen LogP contribution is -2.25. The van der Waals surface area contributed by atoms with E-state index in [0.29, 0.717) is 29.8 Å². The van der Waals surface area contributed by atoms with Gasteiger partial charge in [0.05, 0.1) is 0 Å². The van der Waals surface area contributed by atoms with E-state index in [-0.39, 0.29) is 5.91 Å². The van der Waals surface area contributed by atoms with Crippen LogP contribution in [0.3, 0.4) is 0 Å². The highest BCUT2D eigenvalue weighted by Gasteiger charge is 2.09. The normalized spacial score (nSPS) is 10.4. The summed E-state index contributed by atoms with van der Waals surface area (Å²) >= 11 is 0. The molecule has 7 nitrogen and oxygen atoms in total. The zero-order valence-corrected chi connectivity index (χ0v) is 12.2. The Morgan fingerprint density at radius 2 is 2.24 bits per heavy atom. The Kier molecular flexibility index (Phi) is 5.25. The molecule has 0 spiro atoms. The summed E-state index contributed by atoms with van der Waals surface area (Å²) in [7, 11) is 0. The minimum Gasteiger partial charge on any atom is -0.360 e. The van der Waals surface area contributed by atoms with E-state index >= 15 is 0 Å². The Bertz CT molecular complexity index is 597. The molecule has 0 aliphatic carbocycles. The molecule has 0 aliphatic heterocycles. The summed E-state index contributed by atoms with van der Waals surface area (Å²) in [4.78, 5) is 20.2. The summed E-state index contributed by atoms with van der Waals surface area (Å²) < 4.78 is 4.94. The standard InChI is InChI=1S/C14H19N5O2/c1-3-4-5-7-15-13(20)11-6-8-16-14(17-11)18-12-9-10(2)21-19-12/h6,8-9H,3-5,7H2,1-2H3,(H,15,20)(H,16,17,18,19). The van der Waals surface area contributed by atoms with Gasteiger partial charge < -0.3 is 15.2 Å². The summed E-state index contributed by atoms with van der Waals surface area (Å²) in [5, 5.41) is 9.52. The number of anilines is 2. The average molecular weight is 289 g/mol. The fourth-order valence-electron chi connectivity index (χ4n) is 1.75. The molecule has 21 heavy (non-hydrogen) atoms. The number of aryl methyl sites for hydroxylation is 1. The molecule has 1 amide bonds.